The van der Waals surface area contributed by atoms with E-state index in [0.29, 0.717) is 0 Å². The van der Waals surface area contributed by atoms with E-state index in [0.717, 1.165) is 22.7 Å². The highest BCUT2D eigenvalue weighted by Gasteiger charge is 2.02. The van der Waals surface area contributed by atoms with Crippen LogP contribution < -0.4 is 0 Å². The third kappa shape index (κ3) is 2.38. The molecule has 0 amide bonds. The average molecular weight is 255 g/mol. The molecular formula is C14H13N3S. The van der Waals surface area contributed by atoms with Gasteiger partial charge < -0.3 is 0 Å². The zero-order chi connectivity index (χ0) is 12.2. The number of hydrogen-bond acceptors (Lipinski definition) is 3. The van der Waals surface area contributed by atoms with E-state index in [1.165, 1.54) is 5.56 Å². The Morgan fingerprint density at radius 3 is 2.61 bits per heavy atom. The minimum atomic E-state index is 0.829. The topological polar surface area (TPSA) is 30.7 Å². The van der Waals surface area contributed by atoms with Gasteiger partial charge >= 0.3 is 0 Å². The van der Waals surface area contributed by atoms with Crippen LogP contribution in [0.2, 0.25) is 0 Å². The third-order valence-electron chi connectivity index (χ3n) is 2.75. The van der Waals surface area contributed by atoms with Crippen molar-refractivity contribution in [2.45, 2.75) is 11.6 Å². The van der Waals surface area contributed by atoms with E-state index in [1.807, 2.05) is 40.7 Å². The lowest BCUT2D eigenvalue weighted by molar-refractivity contribution is 0.722. The molecule has 0 unspecified atom stereocenters. The molecule has 0 saturated heterocycles. The maximum absolute atomic E-state index is 4.17. The standard InChI is InChI=1S/C14H13N3S/c1-2-6-12(7-3-1)10-18-11-17-14-9-5-4-8-13(14)15-16-17/h1-9H,10-11H2. The average Bonchev–Trinajstić information content (AvgIpc) is 2.84. The Bertz CT molecular complexity index is 634. The van der Waals surface area contributed by atoms with E-state index in [-0.39, 0.29) is 0 Å². The van der Waals surface area contributed by atoms with Crippen molar-refractivity contribution in [3.63, 3.8) is 0 Å². The number of hydrogen-bond donors (Lipinski definition) is 0. The Morgan fingerprint density at radius 1 is 0.944 bits per heavy atom. The highest BCUT2D eigenvalue weighted by atomic mass is 32.2. The van der Waals surface area contributed by atoms with Gasteiger partial charge in [-0.1, -0.05) is 47.7 Å². The molecular weight excluding hydrogens is 242 g/mol. The predicted octanol–water partition coefficient (Wildman–Crippen LogP) is 3.32. The molecule has 2 aromatic carbocycles. The van der Waals surface area contributed by atoms with Crippen LogP contribution in [-0.4, -0.2) is 15.0 Å². The lowest BCUT2D eigenvalue weighted by Gasteiger charge is -2.02. The Hall–Kier alpha value is -1.81. The summed E-state index contributed by atoms with van der Waals surface area (Å²) in [4.78, 5) is 0. The molecule has 1 heterocycles. The molecule has 3 nitrogen and oxygen atoms in total. The highest BCUT2D eigenvalue weighted by Crippen LogP contribution is 2.17. The molecule has 0 aliphatic heterocycles. The smallest absolute Gasteiger partial charge is 0.113 e. The number of benzene rings is 2. The summed E-state index contributed by atoms with van der Waals surface area (Å²) in [6, 6.07) is 18.5. The van der Waals surface area contributed by atoms with E-state index in [2.05, 4.69) is 40.6 Å². The van der Waals surface area contributed by atoms with Crippen LogP contribution in [0.3, 0.4) is 0 Å². The summed E-state index contributed by atoms with van der Waals surface area (Å²) in [7, 11) is 0. The molecule has 0 saturated carbocycles. The second-order valence-electron chi connectivity index (χ2n) is 4.04. The molecule has 4 heteroatoms. The molecule has 0 fully saturated rings. The first-order valence-electron chi connectivity index (χ1n) is 5.83. The van der Waals surface area contributed by atoms with Gasteiger partial charge in [0.2, 0.25) is 0 Å². The van der Waals surface area contributed by atoms with Gasteiger partial charge in [0.05, 0.1) is 11.4 Å². The maximum Gasteiger partial charge on any atom is 0.113 e. The lowest BCUT2D eigenvalue weighted by atomic mass is 10.2. The van der Waals surface area contributed by atoms with Gasteiger partial charge in [-0.15, -0.1) is 16.9 Å². The molecule has 0 radical (unpaired) electrons. The summed E-state index contributed by atoms with van der Waals surface area (Å²) in [6.07, 6.45) is 0. The van der Waals surface area contributed by atoms with E-state index < -0.39 is 0 Å². The van der Waals surface area contributed by atoms with Crippen LogP contribution >= 0.6 is 11.8 Å². The van der Waals surface area contributed by atoms with Crippen LogP contribution in [0.4, 0.5) is 0 Å². The van der Waals surface area contributed by atoms with Gasteiger partial charge in [-0.2, -0.15) is 0 Å². The Balaban J connectivity index is 1.67. The minimum absolute atomic E-state index is 0.829. The minimum Gasteiger partial charge on any atom is -0.235 e. The fourth-order valence-electron chi connectivity index (χ4n) is 1.84. The second kappa shape index (κ2) is 5.23. The van der Waals surface area contributed by atoms with Gasteiger partial charge in [-0.05, 0) is 17.7 Å². The number of thioether (sulfide) groups is 1. The predicted molar refractivity (Wildman–Crippen MR) is 75.3 cm³/mol. The van der Waals surface area contributed by atoms with Crippen molar-refractivity contribution in [1.29, 1.82) is 0 Å². The van der Waals surface area contributed by atoms with Crippen molar-refractivity contribution >= 4 is 22.8 Å². The van der Waals surface area contributed by atoms with E-state index in [4.69, 9.17) is 0 Å². The van der Waals surface area contributed by atoms with Crippen molar-refractivity contribution in [2.24, 2.45) is 0 Å². The van der Waals surface area contributed by atoms with Gasteiger partial charge in [0.1, 0.15) is 5.52 Å². The molecule has 0 N–H and O–H groups in total. The zero-order valence-corrected chi connectivity index (χ0v) is 10.7. The first kappa shape index (κ1) is 11.3. The quantitative estimate of drug-likeness (QED) is 0.716. The van der Waals surface area contributed by atoms with Gasteiger partial charge in [0.15, 0.2) is 0 Å². The number of nitrogens with zero attached hydrogens (tertiary/aromatic N) is 3. The lowest BCUT2D eigenvalue weighted by Crippen LogP contribution is -1.97. The zero-order valence-electron chi connectivity index (χ0n) is 9.86. The number of para-hydroxylation sites is 1. The molecule has 0 atom stereocenters. The fraction of sp³-hybridized carbons (Fsp3) is 0.143. The monoisotopic (exact) mass is 255 g/mol. The van der Waals surface area contributed by atoms with Gasteiger partial charge in [0, 0.05) is 5.75 Å². The molecule has 3 rings (SSSR count). The van der Waals surface area contributed by atoms with Crippen LogP contribution in [0, 0.1) is 0 Å². The number of rotatable bonds is 4. The number of aromatic nitrogens is 3. The van der Waals surface area contributed by atoms with E-state index in [9.17, 15) is 0 Å². The van der Waals surface area contributed by atoms with Crippen LogP contribution in [0.15, 0.2) is 54.6 Å². The van der Waals surface area contributed by atoms with Crippen LogP contribution in [-0.2, 0) is 11.6 Å². The molecule has 1 aromatic heterocycles. The van der Waals surface area contributed by atoms with Crippen LogP contribution in [0.5, 0.6) is 0 Å². The van der Waals surface area contributed by atoms with Gasteiger partial charge in [-0.3, -0.25) is 0 Å². The normalized spacial score (nSPS) is 10.9. The molecule has 3 aromatic rings. The van der Waals surface area contributed by atoms with Crippen molar-refractivity contribution in [2.75, 3.05) is 0 Å². The van der Waals surface area contributed by atoms with Gasteiger partial charge in [-0.25, -0.2) is 4.68 Å². The van der Waals surface area contributed by atoms with E-state index >= 15 is 0 Å². The van der Waals surface area contributed by atoms with E-state index in [1.54, 1.807) is 0 Å². The highest BCUT2D eigenvalue weighted by molar-refractivity contribution is 7.97. The van der Waals surface area contributed by atoms with Crippen molar-refractivity contribution in [3.05, 3.63) is 60.2 Å². The number of fused-ring (bicyclic) bond motifs is 1. The summed E-state index contributed by atoms with van der Waals surface area (Å²) in [6.45, 7) is 0. The Labute approximate surface area is 110 Å². The second-order valence-corrected chi connectivity index (χ2v) is 5.00. The van der Waals surface area contributed by atoms with Crippen LogP contribution in [0.1, 0.15) is 5.56 Å². The Kier molecular flexibility index (Phi) is 3.28. The van der Waals surface area contributed by atoms with Crippen molar-refractivity contribution in [1.82, 2.24) is 15.0 Å². The summed E-state index contributed by atoms with van der Waals surface area (Å²) in [5.74, 6) is 1.82. The molecule has 0 aliphatic rings. The third-order valence-corrected chi connectivity index (χ3v) is 3.71. The van der Waals surface area contributed by atoms with Crippen LogP contribution in [0.25, 0.3) is 11.0 Å². The molecule has 18 heavy (non-hydrogen) atoms. The first-order valence-corrected chi connectivity index (χ1v) is 6.99. The largest absolute Gasteiger partial charge is 0.235 e. The summed E-state index contributed by atoms with van der Waals surface area (Å²) < 4.78 is 1.95. The first-order chi connectivity index (χ1) is 8.93. The Morgan fingerprint density at radius 2 is 1.72 bits per heavy atom. The molecule has 0 spiro atoms. The summed E-state index contributed by atoms with van der Waals surface area (Å²) in [5.41, 5.74) is 3.39. The summed E-state index contributed by atoms with van der Waals surface area (Å²) in [5, 5.41) is 8.32. The van der Waals surface area contributed by atoms with Crippen molar-refractivity contribution < 1.29 is 0 Å². The van der Waals surface area contributed by atoms with Crippen molar-refractivity contribution in [3.8, 4) is 0 Å². The summed E-state index contributed by atoms with van der Waals surface area (Å²) >= 11 is 1.84. The fourth-order valence-corrected chi connectivity index (χ4v) is 2.72. The molecule has 0 aliphatic carbocycles. The van der Waals surface area contributed by atoms with Gasteiger partial charge in [0.25, 0.3) is 0 Å². The SMILES string of the molecule is c1ccc(CSCn2nnc3ccccc32)cc1. The molecule has 90 valence electrons. The molecule has 0 bridgehead atoms. The maximum atomic E-state index is 4.17.